The second-order valence-corrected chi connectivity index (χ2v) is 3.81. The molecule has 1 atom stereocenters. The number of ketones is 1. The fraction of sp³-hybridized carbons (Fsp3) is 0.308. The molecule has 0 saturated heterocycles. The lowest BCUT2D eigenvalue weighted by atomic mass is 10.0. The van der Waals surface area contributed by atoms with Crippen LogP contribution >= 0.6 is 0 Å². The molecule has 0 bridgehead atoms. The highest BCUT2D eigenvalue weighted by atomic mass is 16.4. The number of hydrogen-bond acceptors (Lipinski definition) is 3. The van der Waals surface area contributed by atoms with E-state index >= 15 is 0 Å². The molecule has 5 heteroatoms. The SMILES string of the molecule is CCC(=O)N[C@H](CC(=O)c1ccccc1)C(=O)O. The Labute approximate surface area is 105 Å². The number of carbonyl (C=O) groups excluding carboxylic acids is 2. The van der Waals surface area contributed by atoms with Crippen LogP contribution in [0.3, 0.4) is 0 Å². The summed E-state index contributed by atoms with van der Waals surface area (Å²) in [6.45, 7) is 1.62. The Kier molecular flexibility index (Phi) is 5.05. The van der Waals surface area contributed by atoms with Crippen molar-refractivity contribution in [3.63, 3.8) is 0 Å². The van der Waals surface area contributed by atoms with Crippen molar-refractivity contribution in [3.8, 4) is 0 Å². The molecule has 5 nitrogen and oxygen atoms in total. The molecule has 0 aliphatic heterocycles. The van der Waals surface area contributed by atoms with Crippen molar-refractivity contribution >= 4 is 17.7 Å². The lowest BCUT2D eigenvalue weighted by molar-refractivity contribution is -0.141. The largest absolute Gasteiger partial charge is 0.480 e. The van der Waals surface area contributed by atoms with E-state index < -0.39 is 12.0 Å². The van der Waals surface area contributed by atoms with Gasteiger partial charge in [-0.05, 0) is 0 Å². The maximum Gasteiger partial charge on any atom is 0.326 e. The van der Waals surface area contributed by atoms with Gasteiger partial charge in [0, 0.05) is 18.4 Å². The van der Waals surface area contributed by atoms with Crippen LogP contribution in [0, 0.1) is 0 Å². The lowest BCUT2D eigenvalue weighted by Crippen LogP contribution is -2.41. The summed E-state index contributed by atoms with van der Waals surface area (Å²) in [6.07, 6.45) is -0.0611. The lowest BCUT2D eigenvalue weighted by Gasteiger charge is -2.13. The first kappa shape index (κ1) is 13.9. The number of nitrogens with one attached hydrogen (secondary N) is 1. The summed E-state index contributed by atoms with van der Waals surface area (Å²) in [5.74, 6) is -1.90. The van der Waals surface area contributed by atoms with E-state index in [1.165, 1.54) is 0 Å². The van der Waals surface area contributed by atoms with E-state index in [1.54, 1.807) is 37.3 Å². The second kappa shape index (κ2) is 6.54. The van der Waals surface area contributed by atoms with Gasteiger partial charge in [-0.1, -0.05) is 37.3 Å². The Balaban J connectivity index is 2.70. The average Bonchev–Trinajstić information content (AvgIpc) is 2.38. The van der Waals surface area contributed by atoms with Crippen molar-refractivity contribution in [2.24, 2.45) is 0 Å². The van der Waals surface area contributed by atoms with Gasteiger partial charge < -0.3 is 10.4 Å². The highest BCUT2D eigenvalue weighted by Crippen LogP contribution is 2.06. The molecule has 0 radical (unpaired) electrons. The van der Waals surface area contributed by atoms with Crippen LogP contribution < -0.4 is 5.32 Å². The van der Waals surface area contributed by atoms with E-state index in [4.69, 9.17) is 5.11 Å². The summed E-state index contributed by atoms with van der Waals surface area (Å²) in [5, 5.41) is 11.3. The molecular weight excluding hydrogens is 234 g/mol. The highest BCUT2D eigenvalue weighted by Gasteiger charge is 2.23. The molecule has 96 valence electrons. The van der Waals surface area contributed by atoms with Crippen molar-refractivity contribution in [2.75, 3.05) is 0 Å². The smallest absolute Gasteiger partial charge is 0.326 e. The Morgan fingerprint density at radius 2 is 1.83 bits per heavy atom. The van der Waals surface area contributed by atoms with Gasteiger partial charge in [0.25, 0.3) is 0 Å². The molecule has 0 aromatic heterocycles. The summed E-state index contributed by atoms with van der Waals surface area (Å²) < 4.78 is 0. The first-order valence-corrected chi connectivity index (χ1v) is 5.65. The second-order valence-electron chi connectivity index (χ2n) is 3.81. The molecule has 0 fully saturated rings. The summed E-state index contributed by atoms with van der Waals surface area (Å²) in [4.78, 5) is 33.9. The number of carboxylic acid groups (broad SMARTS) is 1. The van der Waals surface area contributed by atoms with Gasteiger partial charge in [0.2, 0.25) is 5.91 Å². The zero-order valence-corrected chi connectivity index (χ0v) is 10.1. The van der Waals surface area contributed by atoms with E-state index in [9.17, 15) is 14.4 Å². The van der Waals surface area contributed by atoms with Crippen molar-refractivity contribution in [3.05, 3.63) is 35.9 Å². The monoisotopic (exact) mass is 249 g/mol. The van der Waals surface area contributed by atoms with Crippen LogP contribution in [0.15, 0.2) is 30.3 Å². The standard InChI is InChI=1S/C13H15NO4/c1-2-12(16)14-10(13(17)18)8-11(15)9-6-4-3-5-7-9/h3-7,10H,2,8H2,1H3,(H,14,16)(H,17,18)/t10-/m1/s1. The molecule has 0 heterocycles. The Bertz CT molecular complexity index is 442. The van der Waals surface area contributed by atoms with Gasteiger partial charge in [-0.25, -0.2) is 4.79 Å². The van der Waals surface area contributed by atoms with Crippen molar-refractivity contribution in [1.29, 1.82) is 0 Å². The number of carboxylic acids is 1. The van der Waals surface area contributed by atoms with Crippen molar-refractivity contribution < 1.29 is 19.5 Å². The van der Waals surface area contributed by atoms with Gasteiger partial charge in [0.1, 0.15) is 6.04 Å². The minimum Gasteiger partial charge on any atom is -0.480 e. The Morgan fingerprint density at radius 3 is 2.33 bits per heavy atom. The third-order valence-electron chi connectivity index (χ3n) is 2.44. The van der Waals surface area contributed by atoms with Crippen LogP contribution in [0.5, 0.6) is 0 Å². The molecular formula is C13H15NO4. The Hall–Kier alpha value is -2.17. The van der Waals surface area contributed by atoms with E-state index in [2.05, 4.69) is 5.32 Å². The molecule has 1 rings (SSSR count). The minimum atomic E-state index is -1.21. The van der Waals surface area contributed by atoms with Crippen LogP contribution in [-0.2, 0) is 9.59 Å². The number of Topliss-reactive ketones (excluding diaryl/α,β-unsaturated/α-hetero) is 1. The van der Waals surface area contributed by atoms with Crippen molar-refractivity contribution in [2.45, 2.75) is 25.8 Å². The van der Waals surface area contributed by atoms with E-state index in [0.717, 1.165) is 0 Å². The maximum atomic E-state index is 11.8. The average molecular weight is 249 g/mol. The van der Waals surface area contributed by atoms with Crippen molar-refractivity contribution in [1.82, 2.24) is 5.32 Å². The fourth-order valence-electron chi connectivity index (χ4n) is 1.42. The van der Waals surface area contributed by atoms with E-state index in [1.807, 2.05) is 0 Å². The number of aliphatic carboxylic acids is 1. The molecule has 0 spiro atoms. The molecule has 0 aliphatic carbocycles. The maximum absolute atomic E-state index is 11.8. The number of rotatable bonds is 6. The zero-order chi connectivity index (χ0) is 13.5. The summed E-state index contributed by atoms with van der Waals surface area (Å²) in [6, 6.07) is 7.22. The molecule has 2 N–H and O–H groups in total. The Morgan fingerprint density at radius 1 is 1.22 bits per heavy atom. The molecule has 1 aromatic rings. The van der Waals surface area contributed by atoms with Crippen LogP contribution in [-0.4, -0.2) is 28.8 Å². The summed E-state index contributed by atoms with van der Waals surface area (Å²) in [5.41, 5.74) is 0.439. The molecule has 1 amide bonds. The van der Waals surface area contributed by atoms with Gasteiger partial charge in [-0.2, -0.15) is 0 Å². The number of carbonyl (C=O) groups is 3. The van der Waals surface area contributed by atoms with Crippen LogP contribution in [0.2, 0.25) is 0 Å². The van der Waals surface area contributed by atoms with Gasteiger partial charge in [-0.3, -0.25) is 9.59 Å². The van der Waals surface area contributed by atoms with E-state index in [0.29, 0.717) is 5.56 Å². The predicted octanol–water partition coefficient (Wildman–Crippen LogP) is 1.24. The number of amides is 1. The first-order chi connectivity index (χ1) is 8.54. The molecule has 1 aromatic carbocycles. The molecule has 0 saturated carbocycles. The third-order valence-corrected chi connectivity index (χ3v) is 2.44. The van der Waals surface area contributed by atoms with Gasteiger partial charge in [-0.15, -0.1) is 0 Å². The fourth-order valence-corrected chi connectivity index (χ4v) is 1.42. The van der Waals surface area contributed by atoms with Crippen LogP contribution in [0.4, 0.5) is 0 Å². The third kappa shape index (κ3) is 4.01. The van der Waals surface area contributed by atoms with Gasteiger partial charge in [0.15, 0.2) is 5.78 Å². The molecule has 0 aliphatic rings. The summed E-state index contributed by atoms with van der Waals surface area (Å²) >= 11 is 0. The normalized spacial score (nSPS) is 11.6. The number of hydrogen-bond donors (Lipinski definition) is 2. The van der Waals surface area contributed by atoms with E-state index in [-0.39, 0.29) is 24.5 Å². The molecule has 0 unspecified atom stereocenters. The van der Waals surface area contributed by atoms with Gasteiger partial charge >= 0.3 is 5.97 Å². The van der Waals surface area contributed by atoms with Crippen LogP contribution in [0.25, 0.3) is 0 Å². The summed E-state index contributed by atoms with van der Waals surface area (Å²) in [7, 11) is 0. The topological polar surface area (TPSA) is 83.5 Å². The quantitative estimate of drug-likeness (QED) is 0.743. The zero-order valence-electron chi connectivity index (χ0n) is 10.1. The van der Waals surface area contributed by atoms with Crippen LogP contribution in [0.1, 0.15) is 30.1 Å². The predicted molar refractivity (Wildman–Crippen MR) is 65.2 cm³/mol. The van der Waals surface area contributed by atoms with Gasteiger partial charge in [0.05, 0.1) is 0 Å². The molecule has 18 heavy (non-hydrogen) atoms. The first-order valence-electron chi connectivity index (χ1n) is 5.65. The minimum absolute atomic E-state index is 0.184. The number of benzene rings is 1. The highest BCUT2D eigenvalue weighted by molar-refractivity contribution is 5.99.